The van der Waals surface area contributed by atoms with Crippen LogP contribution in [-0.2, 0) is 4.74 Å². The lowest BCUT2D eigenvalue weighted by Gasteiger charge is -2.42. The van der Waals surface area contributed by atoms with Crippen LogP contribution in [0.3, 0.4) is 0 Å². The predicted octanol–water partition coefficient (Wildman–Crippen LogP) is 2.89. The van der Waals surface area contributed by atoms with Crippen molar-refractivity contribution in [3.05, 3.63) is 12.7 Å². The molecule has 0 aromatic rings. The monoisotopic (exact) mass is 211 g/mol. The third-order valence-electron chi connectivity index (χ3n) is 3.59. The highest BCUT2D eigenvalue weighted by molar-refractivity contribution is 4.98. The maximum absolute atomic E-state index is 5.84. The summed E-state index contributed by atoms with van der Waals surface area (Å²) in [5.41, 5.74) is 0.0580. The van der Waals surface area contributed by atoms with E-state index in [-0.39, 0.29) is 5.60 Å². The van der Waals surface area contributed by atoms with Gasteiger partial charge in [0.15, 0.2) is 0 Å². The average Bonchev–Trinajstić information content (AvgIpc) is 2.30. The Hall–Kier alpha value is -0.340. The molecule has 0 aromatic carbocycles. The summed E-state index contributed by atoms with van der Waals surface area (Å²) in [4.78, 5) is 0. The molecule has 1 saturated carbocycles. The first-order valence-electron chi connectivity index (χ1n) is 6.18. The van der Waals surface area contributed by atoms with Gasteiger partial charge in [0, 0.05) is 13.2 Å². The number of hydrogen-bond donors (Lipinski definition) is 1. The SMILES string of the molecule is C=CCC(NCC)C1(OC)CCCCC1. The van der Waals surface area contributed by atoms with Gasteiger partial charge in [0.2, 0.25) is 0 Å². The molecule has 1 unspecified atom stereocenters. The maximum atomic E-state index is 5.84. The summed E-state index contributed by atoms with van der Waals surface area (Å²) in [5, 5.41) is 3.55. The van der Waals surface area contributed by atoms with Crippen LogP contribution < -0.4 is 5.32 Å². The van der Waals surface area contributed by atoms with E-state index < -0.39 is 0 Å². The Morgan fingerprint density at radius 2 is 2.07 bits per heavy atom. The van der Waals surface area contributed by atoms with E-state index >= 15 is 0 Å². The minimum Gasteiger partial charge on any atom is -0.377 e. The molecule has 0 spiro atoms. The summed E-state index contributed by atoms with van der Waals surface area (Å²) in [6.07, 6.45) is 9.34. The Balaban J connectivity index is 2.69. The first-order valence-corrected chi connectivity index (χ1v) is 6.18. The van der Waals surface area contributed by atoms with Gasteiger partial charge in [0.05, 0.1) is 5.60 Å². The number of ether oxygens (including phenoxy) is 1. The van der Waals surface area contributed by atoms with E-state index in [1.165, 1.54) is 32.1 Å². The first kappa shape index (κ1) is 12.7. The summed E-state index contributed by atoms with van der Waals surface area (Å²) in [6, 6.07) is 0.435. The summed E-state index contributed by atoms with van der Waals surface area (Å²) >= 11 is 0. The molecule has 1 aliphatic rings. The van der Waals surface area contributed by atoms with Crippen LogP contribution in [0.4, 0.5) is 0 Å². The Bertz CT molecular complexity index is 185. The van der Waals surface area contributed by atoms with E-state index in [1.54, 1.807) is 0 Å². The summed E-state index contributed by atoms with van der Waals surface area (Å²) < 4.78 is 5.84. The van der Waals surface area contributed by atoms with Gasteiger partial charge >= 0.3 is 0 Å². The van der Waals surface area contributed by atoms with Gasteiger partial charge in [-0.05, 0) is 25.8 Å². The topological polar surface area (TPSA) is 21.3 Å². The zero-order valence-corrected chi connectivity index (χ0v) is 10.2. The van der Waals surface area contributed by atoms with Gasteiger partial charge in [-0.1, -0.05) is 32.3 Å². The third-order valence-corrected chi connectivity index (χ3v) is 3.59. The van der Waals surface area contributed by atoms with Crippen LogP contribution in [0.5, 0.6) is 0 Å². The lowest BCUT2D eigenvalue weighted by atomic mass is 9.78. The molecule has 2 heteroatoms. The molecule has 2 nitrogen and oxygen atoms in total. The van der Waals surface area contributed by atoms with Crippen molar-refractivity contribution in [2.24, 2.45) is 0 Å². The molecule has 15 heavy (non-hydrogen) atoms. The van der Waals surface area contributed by atoms with Gasteiger partial charge in [0.1, 0.15) is 0 Å². The van der Waals surface area contributed by atoms with E-state index in [4.69, 9.17) is 4.74 Å². The molecule has 0 bridgehead atoms. The van der Waals surface area contributed by atoms with Gasteiger partial charge in [0.25, 0.3) is 0 Å². The number of methoxy groups -OCH3 is 1. The maximum Gasteiger partial charge on any atom is 0.0834 e. The van der Waals surface area contributed by atoms with Crippen molar-refractivity contribution in [1.29, 1.82) is 0 Å². The van der Waals surface area contributed by atoms with E-state index in [9.17, 15) is 0 Å². The van der Waals surface area contributed by atoms with Crippen molar-refractivity contribution in [3.8, 4) is 0 Å². The van der Waals surface area contributed by atoms with Gasteiger partial charge in [-0.2, -0.15) is 0 Å². The number of nitrogens with one attached hydrogen (secondary N) is 1. The fourth-order valence-corrected chi connectivity index (χ4v) is 2.74. The highest BCUT2D eigenvalue weighted by atomic mass is 16.5. The van der Waals surface area contributed by atoms with Crippen molar-refractivity contribution in [2.45, 2.75) is 57.1 Å². The van der Waals surface area contributed by atoms with E-state index in [0.717, 1.165) is 13.0 Å². The van der Waals surface area contributed by atoms with Crippen molar-refractivity contribution < 1.29 is 4.74 Å². The second-order valence-electron chi connectivity index (χ2n) is 4.46. The molecule has 0 saturated heterocycles. The van der Waals surface area contributed by atoms with Gasteiger partial charge < -0.3 is 10.1 Å². The number of likely N-dealkylation sites (N-methyl/N-ethyl adjacent to an activating group) is 1. The first-order chi connectivity index (χ1) is 7.29. The standard InChI is InChI=1S/C13H25NO/c1-4-9-12(14-5-2)13(15-3)10-7-6-8-11-13/h4,12,14H,1,5-11H2,2-3H3. The van der Waals surface area contributed by atoms with Crippen LogP contribution in [0.15, 0.2) is 12.7 Å². The Morgan fingerprint density at radius 3 is 2.53 bits per heavy atom. The fraction of sp³-hybridized carbons (Fsp3) is 0.846. The van der Waals surface area contributed by atoms with E-state index in [0.29, 0.717) is 6.04 Å². The second kappa shape index (κ2) is 6.29. The van der Waals surface area contributed by atoms with E-state index in [1.807, 2.05) is 13.2 Å². The quantitative estimate of drug-likeness (QED) is 0.682. The van der Waals surface area contributed by atoms with Crippen molar-refractivity contribution in [1.82, 2.24) is 5.32 Å². The largest absolute Gasteiger partial charge is 0.377 e. The molecule has 1 rings (SSSR count). The predicted molar refractivity (Wildman–Crippen MR) is 65.1 cm³/mol. The molecule has 1 aliphatic carbocycles. The Morgan fingerprint density at radius 1 is 1.40 bits per heavy atom. The van der Waals surface area contributed by atoms with Crippen LogP contribution in [-0.4, -0.2) is 25.3 Å². The van der Waals surface area contributed by atoms with Crippen LogP contribution in [0, 0.1) is 0 Å². The zero-order valence-electron chi connectivity index (χ0n) is 10.2. The van der Waals surface area contributed by atoms with Crippen LogP contribution in [0.25, 0.3) is 0 Å². The fourth-order valence-electron chi connectivity index (χ4n) is 2.74. The minimum absolute atomic E-state index is 0.0580. The van der Waals surface area contributed by atoms with E-state index in [2.05, 4.69) is 18.8 Å². The smallest absolute Gasteiger partial charge is 0.0834 e. The molecule has 1 atom stereocenters. The lowest BCUT2D eigenvalue weighted by molar-refractivity contribution is -0.0663. The average molecular weight is 211 g/mol. The molecule has 1 N–H and O–H groups in total. The normalized spacial score (nSPS) is 22.3. The highest BCUT2D eigenvalue weighted by Gasteiger charge is 2.38. The number of hydrogen-bond acceptors (Lipinski definition) is 2. The second-order valence-corrected chi connectivity index (χ2v) is 4.46. The van der Waals surface area contributed by atoms with Crippen LogP contribution in [0.1, 0.15) is 45.4 Å². The molecule has 0 radical (unpaired) electrons. The summed E-state index contributed by atoms with van der Waals surface area (Å²) in [6.45, 7) is 7.01. The van der Waals surface area contributed by atoms with Crippen LogP contribution >= 0.6 is 0 Å². The third kappa shape index (κ3) is 3.05. The molecule has 1 fully saturated rings. The Kier molecular flexibility index (Phi) is 5.34. The van der Waals surface area contributed by atoms with Gasteiger partial charge in [-0.3, -0.25) is 0 Å². The highest BCUT2D eigenvalue weighted by Crippen LogP contribution is 2.35. The minimum atomic E-state index is 0.0580. The molecule has 0 aliphatic heterocycles. The lowest BCUT2D eigenvalue weighted by Crippen LogP contribution is -2.53. The number of rotatable bonds is 6. The molecule has 0 heterocycles. The molecular formula is C13H25NO. The van der Waals surface area contributed by atoms with Gasteiger partial charge in [-0.25, -0.2) is 0 Å². The summed E-state index contributed by atoms with van der Waals surface area (Å²) in [7, 11) is 1.86. The Labute approximate surface area is 94.1 Å². The van der Waals surface area contributed by atoms with Crippen molar-refractivity contribution in [2.75, 3.05) is 13.7 Å². The summed E-state index contributed by atoms with van der Waals surface area (Å²) in [5.74, 6) is 0. The van der Waals surface area contributed by atoms with Crippen LogP contribution in [0.2, 0.25) is 0 Å². The molecular weight excluding hydrogens is 186 g/mol. The molecule has 0 amide bonds. The molecule has 0 aromatic heterocycles. The van der Waals surface area contributed by atoms with Gasteiger partial charge in [-0.15, -0.1) is 6.58 Å². The zero-order chi connectivity index (χ0) is 11.1. The molecule has 88 valence electrons. The van der Waals surface area contributed by atoms with Crippen molar-refractivity contribution >= 4 is 0 Å². The van der Waals surface area contributed by atoms with Crippen molar-refractivity contribution in [3.63, 3.8) is 0 Å².